The van der Waals surface area contributed by atoms with Gasteiger partial charge in [0.2, 0.25) is 0 Å². The topological polar surface area (TPSA) is 123 Å². The van der Waals surface area contributed by atoms with E-state index < -0.39 is 42.3 Å². The van der Waals surface area contributed by atoms with Gasteiger partial charge in [0, 0.05) is 0 Å². The Labute approximate surface area is 166 Å². The third-order valence-electron chi connectivity index (χ3n) is 4.86. The zero-order valence-electron chi connectivity index (χ0n) is 16.4. The first-order valence-electron chi connectivity index (χ1n) is 9.54. The minimum Gasteiger partial charge on any atom is -0.441 e. The third kappa shape index (κ3) is 3.96. The first-order chi connectivity index (χ1) is 13.9. The van der Waals surface area contributed by atoms with E-state index in [2.05, 4.69) is 15.6 Å². The van der Waals surface area contributed by atoms with Gasteiger partial charge >= 0.3 is 12.0 Å². The van der Waals surface area contributed by atoms with Crippen molar-refractivity contribution < 1.29 is 19.1 Å². The highest BCUT2D eigenvalue weighted by Crippen LogP contribution is 2.27. The summed E-state index contributed by atoms with van der Waals surface area (Å²) in [4.78, 5) is 50.5. The lowest BCUT2D eigenvalue weighted by Gasteiger charge is -2.25. The number of esters is 1. The van der Waals surface area contributed by atoms with Gasteiger partial charge in [-0.1, -0.05) is 44.0 Å². The highest BCUT2D eigenvalue weighted by molar-refractivity contribution is 6.08. The van der Waals surface area contributed by atoms with Crippen molar-refractivity contribution in [1.29, 1.82) is 0 Å². The number of hydrogen-bond donors (Lipinski definition) is 1. The number of benzene rings is 1. The van der Waals surface area contributed by atoms with Crippen molar-refractivity contribution in [1.82, 2.24) is 25.2 Å². The van der Waals surface area contributed by atoms with Gasteiger partial charge in [0.1, 0.15) is 17.6 Å². The van der Waals surface area contributed by atoms with Crippen LogP contribution in [0.5, 0.6) is 0 Å². The van der Waals surface area contributed by atoms with E-state index in [0.717, 1.165) is 9.58 Å². The SMILES string of the molecule is CCCC1(CCC)NC(=O)N(CC(=O)OCn2nnc3ccccc3c2=O)C1=O. The highest BCUT2D eigenvalue weighted by atomic mass is 16.5. The van der Waals surface area contributed by atoms with Gasteiger partial charge in [-0.15, -0.1) is 5.10 Å². The molecule has 1 aliphatic heterocycles. The molecule has 0 radical (unpaired) electrons. The second-order valence-corrected chi connectivity index (χ2v) is 6.96. The quantitative estimate of drug-likeness (QED) is 0.520. The molecule has 1 N–H and O–H groups in total. The Kier molecular flexibility index (Phi) is 5.90. The molecule has 1 saturated heterocycles. The molecule has 0 spiro atoms. The summed E-state index contributed by atoms with van der Waals surface area (Å²) in [6.45, 7) is 2.86. The average Bonchev–Trinajstić information content (AvgIpc) is 2.92. The van der Waals surface area contributed by atoms with Crippen LogP contribution in [-0.2, 0) is 21.1 Å². The summed E-state index contributed by atoms with van der Waals surface area (Å²) in [5.41, 5.74) is -0.993. The van der Waals surface area contributed by atoms with E-state index in [4.69, 9.17) is 4.74 Å². The Morgan fingerprint density at radius 3 is 2.52 bits per heavy atom. The third-order valence-corrected chi connectivity index (χ3v) is 4.86. The number of carbonyl (C=O) groups is 3. The lowest BCUT2D eigenvalue weighted by molar-refractivity contribution is -0.151. The smallest absolute Gasteiger partial charge is 0.328 e. The Hall–Kier alpha value is -3.30. The number of ether oxygens (including phenoxy) is 1. The molecule has 29 heavy (non-hydrogen) atoms. The summed E-state index contributed by atoms with van der Waals surface area (Å²) < 4.78 is 5.96. The molecule has 0 saturated carbocycles. The van der Waals surface area contributed by atoms with Crippen molar-refractivity contribution in [3.8, 4) is 0 Å². The van der Waals surface area contributed by atoms with Crippen LogP contribution in [0.2, 0.25) is 0 Å². The summed E-state index contributed by atoms with van der Waals surface area (Å²) in [6, 6.07) is 6.06. The van der Waals surface area contributed by atoms with Crippen LogP contribution in [0.1, 0.15) is 39.5 Å². The van der Waals surface area contributed by atoms with Crippen LogP contribution in [-0.4, -0.2) is 49.9 Å². The van der Waals surface area contributed by atoms with Crippen molar-refractivity contribution in [2.45, 2.75) is 51.8 Å². The molecule has 154 valence electrons. The Bertz CT molecular complexity index is 996. The van der Waals surface area contributed by atoms with Gasteiger partial charge in [-0.25, -0.2) is 4.79 Å². The normalized spacial score (nSPS) is 15.6. The molecule has 3 rings (SSSR count). The number of carbonyl (C=O) groups excluding carboxylic acids is 3. The average molecular weight is 401 g/mol. The number of hydrogen-bond acceptors (Lipinski definition) is 7. The molecule has 10 heteroatoms. The van der Waals surface area contributed by atoms with E-state index in [9.17, 15) is 19.2 Å². The minimum absolute atomic E-state index is 0.344. The number of urea groups is 1. The van der Waals surface area contributed by atoms with Crippen LogP contribution in [0.3, 0.4) is 0 Å². The van der Waals surface area contributed by atoms with Gasteiger partial charge in [0.25, 0.3) is 11.5 Å². The molecule has 2 aromatic rings. The largest absolute Gasteiger partial charge is 0.441 e. The second-order valence-electron chi connectivity index (χ2n) is 6.96. The van der Waals surface area contributed by atoms with Gasteiger partial charge in [0.15, 0.2) is 6.73 Å². The first-order valence-corrected chi connectivity index (χ1v) is 9.54. The first kappa shape index (κ1) is 20.4. The maximum absolute atomic E-state index is 12.8. The standard InChI is InChI=1S/C19H23N5O5/c1-3-9-19(10-4-2)17(27)23(18(28)20-19)11-15(25)29-12-24-16(26)13-7-5-6-8-14(13)21-22-24/h5-8H,3-4,9-12H2,1-2H3,(H,20,28). The van der Waals surface area contributed by atoms with Crippen LogP contribution in [0, 0.1) is 0 Å². The summed E-state index contributed by atoms with van der Waals surface area (Å²) in [7, 11) is 0. The fraction of sp³-hybridized carbons (Fsp3) is 0.474. The molecule has 10 nitrogen and oxygen atoms in total. The molecule has 0 unspecified atom stereocenters. The number of nitrogens with one attached hydrogen (secondary N) is 1. The predicted octanol–water partition coefficient (Wildman–Crippen LogP) is 1.18. The number of imide groups is 1. The van der Waals surface area contributed by atoms with Crippen LogP contribution in [0.25, 0.3) is 10.9 Å². The molecule has 0 bridgehead atoms. The minimum atomic E-state index is -0.971. The van der Waals surface area contributed by atoms with E-state index in [1.807, 2.05) is 13.8 Å². The summed E-state index contributed by atoms with van der Waals surface area (Å²) in [5, 5.41) is 10.7. The summed E-state index contributed by atoms with van der Waals surface area (Å²) >= 11 is 0. The van der Waals surface area contributed by atoms with Gasteiger partial charge in [-0.05, 0) is 25.0 Å². The zero-order chi connectivity index (χ0) is 21.0. The molecular formula is C19H23N5O5. The fourth-order valence-corrected chi connectivity index (χ4v) is 3.55. The number of amides is 3. The van der Waals surface area contributed by atoms with Gasteiger partial charge in [-0.2, -0.15) is 4.68 Å². The van der Waals surface area contributed by atoms with Crippen molar-refractivity contribution >= 4 is 28.8 Å². The van der Waals surface area contributed by atoms with E-state index in [-0.39, 0.29) is 0 Å². The summed E-state index contributed by atoms with van der Waals surface area (Å²) in [6.07, 6.45) is 2.43. The monoisotopic (exact) mass is 401 g/mol. The van der Waals surface area contributed by atoms with Crippen molar-refractivity contribution in [3.63, 3.8) is 0 Å². The maximum atomic E-state index is 12.8. The van der Waals surface area contributed by atoms with Gasteiger partial charge in [0.05, 0.1) is 5.39 Å². The molecule has 1 aromatic heterocycles. The van der Waals surface area contributed by atoms with Crippen LogP contribution >= 0.6 is 0 Å². The van der Waals surface area contributed by atoms with Gasteiger partial charge < -0.3 is 10.1 Å². The van der Waals surface area contributed by atoms with Crippen molar-refractivity contribution in [3.05, 3.63) is 34.6 Å². The molecule has 1 aliphatic rings. The summed E-state index contributed by atoms with van der Waals surface area (Å²) in [5.74, 6) is -1.25. The van der Waals surface area contributed by atoms with E-state index in [0.29, 0.717) is 36.6 Å². The van der Waals surface area contributed by atoms with Crippen molar-refractivity contribution in [2.75, 3.05) is 6.54 Å². The van der Waals surface area contributed by atoms with Crippen LogP contribution in [0.4, 0.5) is 4.79 Å². The zero-order valence-corrected chi connectivity index (χ0v) is 16.4. The number of fused-ring (bicyclic) bond motifs is 1. The maximum Gasteiger partial charge on any atom is 0.328 e. The lowest BCUT2D eigenvalue weighted by Crippen LogP contribution is -2.47. The molecule has 1 aromatic carbocycles. The molecule has 0 atom stereocenters. The van der Waals surface area contributed by atoms with E-state index in [1.165, 1.54) is 0 Å². The molecule has 3 amide bonds. The number of nitrogens with zero attached hydrogens (tertiary/aromatic N) is 4. The Balaban J connectivity index is 1.67. The van der Waals surface area contributed by atoms with E-state index >= 15 is 0 Å². The molecule has 0 aliphatic carbocycles. The second kappa shape index (κ2) is 8.38. The molecule has 2 heterocycles. The van der Waals surface area contributed by atoms with Crippen LogP contribution in [0.15, 0.2) is 29.1 Å². The van der Waals surface area contributed by atoms with Gasteiger partial charge in [-0.3, -0.25) is 19.3 Å². The predicted molar refractivity (Wildman–Crippen MR) is 103 cm³/mol. The molecule has 1 fully saturated rings. The fourth-order valence-electron chi connectivity index (χ4n) is 3.55. The van der Waals surface area contributed by atoms with Crippen LogP contribution < -0.4 is 10.9 Å². The molecular weight excluding hydrogens is 378 g/mol. The number of rotatable bonds is 8. The number of aromatic nitrogens is 3. The Morgan fingerprint density at radius 2 is 1.83 bits per heavy atom. The van der Waals surface area contributed by atoms with E-state index in [1.54, 1.807) is 24.3 Å². The highest BCUT2D eigenvalue weighted by Gasteiger charge is 2.50. The Morgan fingerprint density at radius 1 is 1.14 bits per heavy atom. The van der Waals surface area contributed by atoms with Crippen molar-refractivity contribution in [2.24, 2.45) is 0 Å². The lowest BCUT2D eigenvalue weighted by atomic mass is 9.88.